The highest BCUT2D eigenvalue weighted by atomic mass is 32.2. The molecule has 7 heteroatoms. The summed E-state index contributed by atoms with van der Waals surface area (Å²) in [5.41, 5.74) is 5.46. The Bertz CT molecular complexity index is 269. The van der Waals surface area contributed by atoms with Crippen LogP contribution < -0.4 is 11.1 Å². The van der Waals surface area contributed by atoms with Crippen LogP contribution in [0.15, 0.2) is 16.7 Å². The van der Waals surface area contributed by atoms with Crippen molar-refractivity contribution >= 4 is 23.9 Å². The van der Waals surface area contributed by atoms with Gasteiger partial charge in [0.2, 0.25) is 0 Å². The summed E-state index contributed by atoms with van der Waals surface area (Å²) in [5.74, 6) is 0.224. The minimum Gasteiger partial charge on any atom is -0.513 e. The molecule has 0 saturated carbocycles. The Hall–Kier alpha value is -1.37. The standard InChI is InChI=1S/C9H17N3O3S/c1-7(13)3-2-6-16-12-9(10)11-5-4-8(14)15/h13H,1-6H2,(H,14,15)(H3,10,11,12). The molecule has 0 fully saturated rings. The molecule has 0 aliphatic carbocycles. The Morgan fingerprint density at radius 1 is 1.44 bits per heavy atom. The topological polar surface area (TPSA) is 108 Å². The van der Waals surface area contributed by atoms with Crippen LogP contribution in [-0.2, 0) is 4.79 Å². The minimum absolute atomic E-state index is 0.00518. The van der Waals surface area contributed by atoms with E-state index in [1.54, 1.807) is 0 Å². The number of hydrogen-bond donors (Lipinski definition) is 4. The van der Waals surface area contributed by atoms with E-state index in [-0.39, 0.29) is 24.7 Å². The molecule has 92 valence electrons. The van der Waals surface area contributed by atoms with Crippen molar-refractivity contribution in [1.82, 2.24) is 5.32 Å². The van der Waals surface area contributed by atoms with Gasteiger partial charge in [0.1, 0.15) is 0 Å². The van der Waals surface area contributed by atoms with Crippen molar-refractivity contribution in [3.8, 4) is 0 Å². The highest BCUT2D eigenvalue weighted by Crippen LogP contribution is 2.07. The molecule has 0 aromatic heterocycles. The lowest BCUT2D eigenvalue weighted by molar-refractivity contribution is -0.136. The number of carboxylic acid groups (broad SMARTS) is 1. The zero-order valence-electron chi connectivity index (χ0n) is 8.98. The van der Waals surface area contributed by atoms with Crippen molar-refractivity contribution in [3.05, 3.63) is 12.3 Å². The molecule has 0 spiro atoms. The summed E-state index contributed by atoms with van der Waals surface area (Å²) in [6, 6.07) is 0. The van der Waals surface area contributed by atoms with Crippen molar-refractivity contribution in [1.29, 1.82) is 0 Å². The molecule has 0 aromatic carbocycles. The van der Waals surface area contributed by atoms with Crippen LogP contribution in [0, 0.1) is 0 Å². The third kappa shape index (κ3) is 10.7. The Kier molecular flexibility index (Phi) is 8.14. The van der Waals surface area contributed by atoms with Crippen LogP contribution in [0.25, 0.3) is 0 Å². The molecule has 0 bridgehead atoms. The second kappa shape index (κ2) is 8.90. The number of aliphatic hydroxyl groups is 1. The fraction of sp³-hybridized carbons (Fsp3) is 0.556. The fourth-order valence-electron chi connectivity index (χ4n) is 0.786. The first-order chi connectivity index (χ1) is 7.52. The van der Waals surface area contributed by atoms with Gasteiger partial charge in [-0.2, -0.15) is 4.40 Å². The SMILES string of the molecule is C=C(O)CCCS/N=C(\N)NCCC(=O)O. The van der Waals surface area contributed by atoms with Crippen LogP contribution in [0.3, 0.4) is 0 Å². The maximum atomic E-state index is 10.2. The van der Waals surface area contributed by atoms with Crippen LogP contribution >= 0.6 is 11.9 Å². The fourth-order valence-corrected chi connectivity index (χ4v) is 1.35. The van der Waals surface area contributed by atoms with Gasteiger partial charge in [-0.25, -0.2) is 0 Å². The number of guanidine groups is 1. The predicted octanol–water partition coefficient (Wildman–Crippen LogP) is 0.866. The van der Waals surface area contributed by atoms with E-state index >= 15 is 0 Å². The van der Waals surface area contributed by atoms with E-state index in [0.29, 0.717) is 6.42 Å². The lowest BCUT2D eigenvalue weighted by Gasteiger charge is -2.02. The zero-order chi connectivity index (χ0) is 12.4. The van der Waals surface area contributed by atoms with Crippen LogP contribution in [0.5, 0.6) is 0 Å². The second-order valence-corrected chi connectivity index (χ2v) is 3.90. The number of nitrogens with two attached hydrogens (primary N) is 1. The zero-order valence-corrected chi connectivity index (χ0v) is 9.79. The number of nitrogens with one attached hydrogen (secondary N) is 1. The van der Waals surface area contributed by atoms with Crippen LogP contribution in [0.1, 0.15) is 19.3 Å². The monoisotopic (exact) mass is 247 g/mol. The molecule has 0 atom stereocenters. The van der Waals surface area contributed by atoms with E-state index in [9.17, 15) is 4.79 Å². The van der Waals surface area contributed by atoms with Gasteiger partial charge in [-0.05, 0) is 18.4 Å². The molecule has 0 amide bonds. The number of nitrogens with zero attached hydrogens (tertiary/aromatic N) is 1. The summed E-state index contributed by atoms with van der Waals surface area (Å²) in [7, 11) is 0. The lowest BCUT2D eigenvalue weighted by atomic mass is 10.3. The smallest absolute Gasteiger partial charge is 0.305 e. The first kappa shape index (κ1) is 14.6. The molecule has 0 rings (SSSR count). The average Bonchev–Trinajstić information content (AvgIpc) is 2.16. The number of rotatable bonds is 8. The highest BCUT2D eigenvalue weighted by molar-refractivity contribution is 7.98. The quantitative estimate of drug-likeness (QED) is 0.167. The van der Waals surface area contributed by atoms with Crippen molar-refractivity contribution in [2.75, 3.05) is 12.3 Å². The number of carboxylic acids is 1. The molecular formula is C9H17N3O3S. The lowest BCUT2D eigenvalue weighted by Crippen LogP contribution is -2.32. The Balaban J connectivity index is 3.47. The van der Waals surface area contributed by atoms with E-state index in [0.717, 1.165) is 12.2 Å². The van der Waals surface area contributed by atoms with Gasteiger partial charge in [-0.15, -0.1) is 0 Å². The maximum Gasteiger partial charge on any atom is 0.305 e. The molecular weight excluding hydrogens is 230 g/mol. The largest absolute Gasteiger partial charge is 0.513 e. The Morgan fingerprint density at radius 3 is 2.69 bits per heavy atom. The van der Waals surface area contributed by atoms with E-state index < -0.39 is 5.97 Å². The summed E-state index contributed by atoms with van der Waals surface area (Å²) in [4.78, 5) is 10.2. The van der Waals surface area contributed by atoms with Gasteiger partial charge in [0, 0.05) is 18.7 Å². The Morgan fingerprint density at radius 2 is 2.12 bits per heavy atom. The number of carbonyl (C=O) groups is 1. The van der Waals surface area contributed by atoms with Crippen LogP contribution in [0.2, 0.25) is 0 Å². The summed E-state index contributed by atoms with van der Waals surface area (Å²) in [5, 5.41) is 19.8. The van der Waals surface area contributed by atoms with Gasteiger partial charge < -0.3 is 21.3 Å². The summed E-state index contributed by atoms with van der Waals surface area (Å²) in [6.07, 6.45) is 1.33. The number of allylic oxidation sites excluding steroid dienone is 1. The molecule has 0 radical (unpaired) electrons. The highest BCUT2D eigenvalue weighted by Gasteiger charge is 1.97. The van der Waals surface area contributed by atoms with Crippen molar-refractivity contribution < 1.29 is 15.0 Å². The molecule has 0 heterocycles. The first-order valence-electron chi connectivity index (χ1n) is 4.80. The van der Waals surface area contributed by atoms with Crippen molar-refractivity contribution in [2.45, 2.75) is 19.3 Å². The van der Waals surface area contributed by atoms with E-state index in [2.05, 4.69) is 16.3 Å². The minimum atomic E-state index is -0.880. The second-order valence-electron chi connectivity index (χ2n) is 3.05. The first-order valence-corrected chi connectivity index (χ1v) is 5.74. The van der Waals surface area contributed by atoms with E-state index in [1.807, 2.05) is 0 Å². The molecule has 0 aliphatic heterocycles. The number of aliphatic hydroxyl groups excluding tert-OH is 1. The summed E-state index contributed by atoms with van der Waals surface area (Å²) < 4.78 is 3.91. The van der Waals surface area contributed by atoms with Crippen molar-refractivity contribution in [2.24, 2.45) is 10.1 Å². The van der Waals surface area contributed by atoms with Crippen molar-refractivity contribution in [3.63, 3.8) is 0 Å². The summed E-state index contributed by atoms with van der Waals surface area (Å²) >= 11 is 1.26. The molecule has 0 aromatic rings. The molecule has 6 nitrogen and oxygen atoms in total. The number of aliphatic carboxylic acids is 1. The predicted molar refractivity (Wildman–Crippen MR) is 65.3 cm³/mol. The van der Waals surface area contributed by atoms with Gasteiger partial charge in [-0.3, -0.25) is 4.79 Å². The van der Waals surface area contributed by atoms with Crippen LogP contribution in [-0.4, -0.2) is 34.4 Å². The van der Waals surface area contributed by atoms with Gasteiger partial charge in [-0.1, -0.05) is 6.58 Å². The number of hydrogen-bond acceptors (Lipinski definition) is 4. The van der Waals surface area contributed by atoms with Gasteiger partial charge in [0.15, 0.2) is 5.96 Å². The van der Waals surface area contributed by atoms with Gasteiger partial charge in [0.05, 0.1) is 12.2 Å². The van der Waals surface area contributed by atoms with Crippen LogP contribution in [0.4, 0.5) is 0 Å². The molecule has 5 N–H and O–H groups in total. The summed E-state index contributed by atoms with van der Waals surface area (Å²) in [6.45, 7) is 3.63. The third-order valence-corrected chi connectivity index (χ3v) is 2.31. The molecule has 0 unspecified atom stereocenters. The van der Waals surface area contributed by atoms with Gasteiger partial charge >= 0.3 is 5.97 Å². The maximum absolute atomic E-state index is 10.2. The third-order valence-electron chi connectivity index (χ3n) is 1.51. The molecule has 0 aliphatic rings. The molecule has 16 heavy (non-hydrogen) atoms. The average molecular weight is 247 g/mol. The Labute approximate surface area is 98.8 Å². The normalized spacial score (nSPS) is 11.1. The van der Waals surface area contributed by atoms with E-state index in [4.69, 9.17) is 15.9 Å². The molecule has 0 saturated heterocycles. The van der Waals surface area contributed by atoms with Gasteiger partial charge in [0.25, 0.3) is 0 Å². The van der Waals surface area contributed by atoms with E-state index in [1.165, 1.54) is 11.9 Å².